The van der Waals surface area contributed by atoms with Gasteiger partial charge in [0, 0.05) is 36.8 Å². The van der Waals surface area contributed by atoms with Crippen molar-refractivity contribution in [3.05, 3.63) is 95.6 Å². The van der Waals surface area contributed by atoms with E-state index in [4.69, 9.17) is 4.98 Å². The topological polar surface area (TPSA) is 74.3 Å². The van der Waals surface area contributed by atoms with Crippen molar-refractivity contribution in [3.63, 3.8) is 0 Å². The standard InChI is InChI=1S/C27H24N4O2/c1-18(32)28-21-10-12-22(13-11-21)29-27(33)24-16-26(30-25-9-5-4-8-23(24)25)31-15-14-19-6-2-3-7-20(19)17-31/h2-13,16H,14-15,17H2,1H3,(H,28,32)(H,29,33). The molecule has 4 aromatic rings. The average molecular weight is 437 g/mol. The molecule has 0 bridgehead atoms. The van der Waals surface area contributed by atoms with Crippen LogP contribution in [0.3, 0.4) is 0 Å². The summed E-state index contributed by atoms with van der Waals surface area (Å²) in [7, 11) is 0. The van der Waals surface area contributed by atoms with Gasteiger partial charge < -0.3 is 15.5 Å². The Hall–Kier alpha value is -4.19. The molecule has 0 saturated heterocycles. The van der Waals surface area contributed by atoms with Crippen LogP contribution in [0, 0.1) is 0 Å². The van der Waals surface area contributed by atoms with E-state index in [1.165, 1.54) is 18.1 Å². The molecule has 1 aromatic heterocycles. The van der Waals surface area contributed by atoms with Gasteiger partial charge in [-0.15, -0.1) is 0 Å². The molecule has 6 heteroatoms. The minimum atomic E-state index is -0.195. The van der Waals surface area contributed by atoms with Gasteiger partial charge in [0.25, 0.3) is 5.91 Å². The highest BCUT2D eigenvalue weighted by Crippen LogP contribution is 2.28. The summed E-state index contributed by atoms with van der Waals surface area (Å²) >= 11 is 0. The maximum atomic E-state index is 13.3. The molecule has 0 fully saturated rings. The first-order valence-corrected chi connectivity index (χ1v) is 11.0. The van der Waals surface area contributed by atoms with E-state index in [9.17, 15) is 9.59 Å². The Morgan fingerprint density at radius 2 is 1.52 bits per heavy atom. The lowest BCUT2D eigenvalue weighted by atomic mass is 9.99. The Bertz CT molecular complexity index is 1350. The third-order valence-corrected chi connectivity index (χ3v) is 5.87. The molecule has 33 heavy (non-hydrogen) atoms. The predicted octanol–water partition coefficient (Wildman–Crippen LogP) is 5.01. The first kappa shape index (κ1) is 20.7. The number of nitrogens with zero attached hydrogens (tertiary/aromatic N) is 2. The van der Waals surface area contributed by atoms with Crippen LogP contribution in [0.15, 0.2) is 78.9 Å². The van der Waals surface area contributed by atoms with Crippen LogP contribution >= 0.6 is 0 Å². The number of fused-ring (bicyclic) bond motifs is 2. The minimum Gasteiger partial charge on any atom is -0.352 e. The zero-order valence-corrected chi connectivity index (χ0v) is 18.3. The molecular formula is C27H24N4O2. The van der Waals surface area contributed by atoms with E-state index in [1.54, 1.807) is 24.3 Å². The highest BCUT2D eigenvalue weighted by molar-refractivity contribution is 6.13. The molecule has 164 valence electrons. The molecular weight excluding hydrogens is 412 g/mol. The van der Waals surface area contributed by atoms with Crippen molar-refractivity contribution in [2.45, 2.75) is 19.9 Å². The number of carbonyl (C=O) groups excluding carboxylic acids is 2. The molecule has 0 unspecified atom stereocenters. The third kappa shape index (κ3) is 4.41. The number of pyridine rings is 1. The summed E-state index contributed by atoms with van der Waals surface area (Å²) < 4.78 is 0. The Morgan fingerprint density at radius 1 is 0.848 bits per heavy atom. The molecule has 5 rings (SSSR count). The Kier molecular flexibility index (Phi) is 5.48. The zero-order valence-electron chi connectivity index (χ0n) is 18.3. The van der Waals surface area contributed by atoms with Crippen molar-refractivity contribution in [2.24, 2.45) is 0 Å². The maximum Gasteiger partial charge on any atom is 0.256 e. The molecule has 0 saturated carbocycles. The van der Waals surface area contributed by atoms with E-state index < -0.39 is 0 Å². The number of amides is 2. The van der Waals surface area contributed by atoms with E-state index in [1.807, 2.05) is 30.3 Å². The van der Waals surface area contributed by atoms with Crippen LogP contribution in [-0.4, -0.2) is 23.3 Å². The largest absolute Gasteiger partial charge is 0.352 e. The van der Waals surface area contributed by atoms with Crippen LogP contribution in [0.5, 0.6) is 0 Å². The molecule has 6 nitrogen and oxygen atoms in total. The van der Waals surface area contributed by atoms with Crippen LogP contribution in [0.1, 0.15) is 28.4 Å². The van der Waals surface area contributed by atoms with Crippen molar-refractivity contribution < 1.29 is 9.59 Å². The van der Waals surface area contributed by atoms with Gasteiger partial charge in [-0.1, -0.05) is 42.5 Å². The summed E-state index contributed by atoms with van der Waals surface area (Å²) in [5.41, 5.74) is 5.38. The van der Waals surface area contributed by atoms with Gasteiger partial charge in [0.05, 0.1) is 11.1 Å². The van der Waals surface area contributed by atoms with E-state index in [2.05, 4.69) is 39.8 Å². The summed E-state index contributed by atoms with van der Waals surface area (Å²) in [5.74, 6) is 0.469. The number of benzene rings is 3. The van der Waals surface area contributed by atoms with E-state index in [-0.39, 0.29) is 11.8 Å². The lowest BCUT2D eigenvalue weighted by Gasteiger charge is -2.30. The Balaban J connectivity index is 1.45. The smallest absolute Gasteiger partial charge is 0.256 e. The molecule has 0 spiro atoms. The number of para-hydroxylation sites is 1. The molecule has 2 amide bonds. The zero-order chi connectivity index (χ0) is 22.8. The Labute approximate surface area is 192 Å². The number of anilines is 3. The van der Waals surface area contributed by atoms with Crippen LogP contribution in [0.4, 0.5) is 17.2 Å². The molecule has 0 aliphatic carbocycles. The minimum absolute atomic E-state index is 0.136. The number of rotatable bonds is 4. The predicted molar refractivity (Wildman–Crippen MR) is 132 cm³/mol. The molecule has 0 radical (unpaired) electrons. The second-order valence-electron chi connectivity index (χ2n) is 8.20. The van der Waals surface area contributed by atoms with Crippen LogP contribution in [0.25, 0.3) is 10.9 Å². The second-order valence-corrected chi connectivity index (χ2v) is 8.20. The highest BCUT2D eigenvalue weighted by Gasteiger charge is 2.20. The van der Waals surface area contributed by atoms with Gasteiger partial charge in [0.2, 0.25) is 5.91 Å². The third-order valence-electron chi connectivity index (χ3n) is 5.87. The number of aromatic nitrogens is 1. The fourth-order valence-corrected chi connectivity index (χ4v) is 4.24. The van der Waals surface area contributed by atoms with Gasteiger partial charge in [0.1, 0.15) is 5.82 Å². The monoisotopic (exact) mass is 436 g/mol. The van der Waals surface area contributed by atoms with Gasteiger partial charge in [-0.05, 0) is 53.9 Å². The number of hydrogen-bond donors (Lipinski definition) is 2. The van der Waals surface area contributed by atoms with Crippen LogP contribution < -0.4 is 15.5 Å². The quantitative estimate of drug-likeness (QED) is 0.472. The second kappa shape index (κ2) is 8.74. The summed E-state index contributed by atoms with van der Waals surface area (Å²) in [6, 6.07) is 25.1. The highest BCUT2D eigenvalue weighted by atomic mass is 16.2. The van der Waals surface area contributed by atoms with Gasteiger partial charge >= 0.3 is 0 Å². The first-order chi connectivity index (χ1) is 16.1. The van der Waals surface area contributed by atoms with Crippen molar-refractivity contribution in [3.8, 4) is 0 Å². The van der Waals surface area contributed by atoms with Gasteiger partial charge in [-0.2, -0.15) is 0 Å². The number of nitrogens with one attached hydrogen (secondary N) is 2. The molecule has 1 aliphatic rings. The lowest BCUT2D eigenvalue weighted by molar-refractivity contribution is -0.114. The molecule has 3 aromatic carbocycles. The summed E-state index contributed by atoms with van der Waals surface area (Å²) in [4.78, 5) is 31.6. The van der Waals surface area contributed by atoms with Crippen molar-refractivity contribution in [2.75, 3.05) is 22.1 Å². The van der Waals surface area contributed by atoms with Crippen molar-refractivity contribution in [1.29, 1.82) is 0 Å². The normalized spacial score (nSPS) is 12.8. The van der Waals surface area contributed by atoms with Crippen molar-refractivity contribution >= 4 is 39.9 Å². The lowest BCUT2D eigenvalue weighted by Crippen LogP contribution is -2.31. The van der Waals surface area contributed by atoms with Gasteiger partial charge in [-0.25, -0.2) is 4.98 Å². The van der Waals surface area contributed by atoms with Crippen LogP contribution in [-0.2, 0) is 17.8 Å². The van der Waals surface area contributed by atoms with Crippen molar-refractivity contribution in [1.82, 2.24) is 4.98 Å². The molecule has 1 aliphatic heterocycles. The summed E-state index contributed by atoms with van der Waals surface area (Å²) in [6.45, 7) is 3.09. The fraction of sp³-hybridized carbons (Fsp3) is 0.148. The maximum absolute atomic E-state index is 13.3. The van der Waals surface area contributed by atoms with Gasteiger partial charge in [-0.3, -0.25) is 9.59 Å². The fourth-order valence-electron chi connectivity index (χ4n) is 4.24. The first-order valence-electron chi connectivity index (χ1n) is 11.0. The summed E-state index contributed by atoms with van der Waals surface area (Å²) in [6.07, 6.45) is 0.951. The SMILES string of the molecule is CC(=O)Nc1ccc(NC(=O)c2cc(N3CCc4ccccc4C3)nc3ccccc23)cc1. The van der Waals surface area contributed by atoms with E-state index >= 15 is 0 Å². The average Bonchev–Trinajstić information content (AvgIpc) is 2.84. The number of hydrogen-bond acceptors (Lipinski definition) is 4. The van der Waals surface area contributed by atoms with Crippen LogP contribution in [0.2, 0.25) is 0 Å². The molecule has 0 atom stereocenters. The van der Waals surface area contributed by atoms with Gasteiger partial charge in [0.15, 0.2) is 0 Å². The Morgan fingerprint density at radius 3 is 2.27 bits per heavy atom. The van der Waals surface area contributed by atoms with E-state index in [0.29, 0.717) is 16.9 Å². The van der Waals surface area contributed by atoms with E-state index in [0.717, 1.165) is 36.2 Å². The molecule has 2 N–H and O–H groups in total. The summed E-state index contributed by atoms with van der Waals surface area (Å²) in [5, 5.41) is 6.52. The number of carbonyl (C=O) groups is 2. The molecule has 2 heterocycles.